The van der Waals surface area contributed by atoms with Crippen LogP contribution >= 0.6 is 39.1 Å². The first-order valence-corrected chi connectivity index (χ1v) is 8.59. The van der Waals surface area contributed by atoms with Crippen LogP contribution in [0.25, 0.3) is 0 Å². The third-order valence-corrected chi connectivity index (χ3v) is 5.59. The maximum Gasteiger partial charge on any atom is 0.242 e. The van der Waals surface area contributed by atoms with Gasteiger partial charge in [-0.15, -0.1) is 11.6 Å². The summed E-state index contributed by atoms with van der Waals surface area (Å²) in [5.74, 6) is 0.389. The summed E-state index contributed by atoms with van der Waals surface area (Å²) in [5.41, 5.74) is 0. The standard InChI is InChI=1S/C11H14BrCl2NO3S/c1-15(5-7-18-6-4-13)19(16,17)9-2-3-11(14)10(12)8-9/h2-3,8H,4-7H2,1H3. The Labute approximate surface area is 131 Å². The van der Waals surface area contributed by atoms with Crippen LogP contribution in [0.1, 0.15) is 0 Å². The smallest absolute Gasteiger partial charge is 0.242 e. The highest BCUT2D eigenvalue weighted by atomic mass is 79.9. The summed E-state index contributed by atoms with van der Waals surface area (Å²) in [6, 6.07) is 4.49. The molecule has 19 heavy (non-hydrogen) atoms. The van der Waals surface area contributed by atoms with E-state index in [9.17, 15) is 8.42 Å². The van der Waals surface area contributed by atoms with Gasteiger partial charge in [-0.2, -0.15) is 4.31 Å². The van der Waals surface area contributed by atoms with Crippen molar-refractivity contribution in [3.8, 4) is 0 Å². The molecule has 1 rings (SSSR count). The van der Waals surface area contributed by atoms with E-state index in [1.807, 2.05) is 0 Å². The van der Waals surface area contributed by atoms with Crippen LogP contribution in [0.3, 0.4) is 0 Å². The van der Waals surface area contributed by atoms with E-state index in [-0.39, 0.29) is 11.4 Å². The number of halogens is 3. The second-order valence-electron chi connectivity index (χ2n) is 3.70. The highest BCUT2D eigenvalue weighted by Gasteiger charge is 2.21. The van der Waals surface area contributed by atoms with Gasteiger partial charge in [0.1, 0.15) is 0 Å². The van der Waals surface area contributed by atoms with Gasteiger partial charge in [0.2, 0.25) is 10.0 Å². The quantitative estimate of drug-likeness (QED) is 0.531. The molecule has 0 aliphatic heterocycles. The predicted molar refractivity (Wildman–Crippen MR) is 80.5 cm³/mol. The SMILES string of the molecule is CN(CCOCCCl)S(=O)(=O)c1ccc(Cl)c(Br)c1. The van der Waals surface area contributed by atoms with Crippen molar-refractivity contribution in [2.24, 2.45) is 0 Å². The van der Waals surface area contributed by atoms with Crippen molar-refractivity contribution in [2.45, 2.75) is 4.90 Å². The lowest BCUT2D eigenvalue weighted by molar-refractivity contribution is 0.140. The molecule has 0 saturated carbocycles. The Kier molecular flexibility index (Phi) is 7.07. The second kappa shape index (κ2) is 7.81. The fraction of sp³-hybridized carbons (Fsp3) is 0.455. The average molecular weight is 391 g/mol. The predicted octanol–water partition coefficient (Wildman–Crippen LogP) is 2.98. The number of ether oxygens (including phenoxy) is 1. The maximum absolute atomic E-state index is 12.2. The summed E-state index contributed by atoms with van der Waals surface area (Å²) in [6.07, 6.45) is 0. The second-order valence-corrected chi connectivity index (χ2v) is 7.39. The first kappa shape index (κ1) is 17.2. The molecule has 0 aliphatic rings. The van der Waals surface area contributed by atoms with Crippen LogP contribution in [0.2, 0.25) is 5.02 Å². The molecule has 0 heterocycles. The van der Waals surface area contributed by atoms with E-state index in [0.717, 1.165) is 0 Å². The molecule has 0 saturated heterocycles. The van der Waals surface area contributed by atoms with Gasteiger partial charge in [0.25, 0.3) is 0 Å². The summed E-state index contributed by atoms with van der Waals surface area (Å²) in [4.78, 5) is 0.184. The summed E-state index contributed by atoms with van der Waals surface area (Å²) >= 11 is 14.5. The van der Waals surface area contributed by atoms with Crippen LogP contribution in [0, 0.1) is 0 Å². The number of sulfonamides is 1. The molecule has 0 unspecified atom stereocenters. The Morgan fingerprint density at radius 2 is 2.05 bits per heavy atom. The number of likely N-dealkylation sites (N-methyl/N-ethyl adjacent to an activating group) is 1. The van der Waals surface area contributed by atoms with Crippen LogP contribution in [0.5, 0.6) is 0 Å². The molecular weight excluding hydrogens is 377 g/mol. The van der Waals surface area contributed by atoms with E-state index in [1.165, 1.54) is 29.6 Å². The van der Waals surface area contributed by atoms with Crippen molar-refractivity contribution in [3.63, 3.8) is 0 Å². The molecule has 0 fully saturated rings. The van der Waals surface area contributed by atoms with Crippen LogP contribution in [0.4, 0.5) is 0 Å². The van der Waals surface area contributed by atoms with Gasteiger partial charge in [-0.3, -0.25) is 0 Å². The van der Waals surface area contributed by atoms with Crippen molar-refractivity contribution < 1.29 is 13.2 Å². The molecule has 108 valence electrons. The zero-order chi connectivity index (χ0) is 14.5. The molecule has 0 N–H and O–H groups in total. The van der Waals surface area contributed by atoms with E-state index in [2.05, 4.69) is 15.9 Å². The van der Waals surface area contributed by atoms with Crippen LogP contribution in [-0.4, -0.2) is 45.4 Å². The Morgan fingerprint density at radius 1 is 1.37 bits per heavy atom. The van der Waals surface area contributed by atoms with Crippen molar-refractivity contribution in [3.05, 3.63) is 27.7 Å². The summed E-state index contributed by atoms with van der Waals surface area (Å²) in [6.45, 7) is 0.971. The third-order valence-electron chi connectivity index (χ3n) is 2.37. The fourth-order valence-corrected chi connectivity index (χ4v) is 3.23. The first-order valence-electron chi connectivity index (χ1n) is 5.44. The molecule has 0 bridgehead atoms. The number of benzene rings is 1. The molecule has 8 heteroatoms. The number of hydrogen-bond acceptors (Lipinski definition) is 3. The van der Waals surface area contributed by atoms with Crippen LogP contribution in [-0.2, 0) is 14.8 Å². The minimum atomic E-state index is -3.53. The Bertz CT molecular complexity index is 525. The minimum absolute atomic E-state index is 0.184. The van der Waals surface area contributed by atoms with Gasteiger partial charge in [0.15, 0.2) is 0 Å². The molecule has 0 atom stereocenters. The zero-order valence-electron chi connectivity index (χ0n) is 10.3. The molecular formula is C11H14BrCl2NO3S. The molecule has 0 aromatic heterocycles. The largest absolute Gasteiger partial charge is 0.379 e. The Morgan fingerprint density at radius 3 is 2.63 bits per heavy atom. The third kappa shape index (κ3) is 4.88. The maximum atomic E-state index is 12.2. The van der Waals surface area contributed by atoms with Crippen LogP contribution < -0.4 is 0 Å². The lowest BCUT2D eigenvalue weighted by atomic mass is 10.4. The van der Waals surface area contributed by atoms with E-state index in [0.29, 0.717) is 28.6 Å². The molecule has 4 nitrogen and oxygen atoms in total. The van der Waals surface area contributed by atoms with Crippen molar-refractivity contribution >= 4 is 49.2 Å². The lowest BCUT2D eigenvalue weighted by Crippen LogP contribution is -2.30. The van der Waals surface area contributed by atoms with E-state index in [4.69, 9.17) is 27.9 Å². The highest BCUT2D eigenvalue weighted by Crippen LogP contribution is 2.26. The van der Waals surface area contributed by atoms with E-state index >= 15 is 0 Å². The molecule has 0 amide bonds. The van der Waals surface area contributed by atoms with Crippen molar-refractivity contribution in [2.75, 3.05) is 32.7 Å². The van der Waals surface area contributed by atoms with Gasteiger partial charge >= 0.3 is 0 Å². The molecule has 0 radical (unpaired) electrons. The van der Waals surface area contributed by atoms with Crippen LogP contribution in [0.15, 0.2) is 27.6 Å². The Balaban J connectivity index is 2.76. The number of alkyl halides is 1. The number of nitrogens with zero attached hydrogens (tertiary/aromatic N) is 1. The van der Waals surface area contributed by atoms with Gasteiger partial charge in [-0.05, 0) is 34.1 Å². The van der Waals surface area contributed by atoms with Gasteiger partial charge in [-0.1, -0.05) is 11.6 Å². The average Bonchev–Trinajstić information content (AvgIpc) is 2.37. The summed E-state index contributed by atoms with van der Waals surface area (Å²) in [5, 5.41) is 0.465. The number of rotatable bonds is 7. The summed E-state index contributed by atoms with van der Waals surface area (Å²) in [7, 11) is -2.03. The van der Waals surface area contributed by atoms with Crippen molar-refractivity contribution in [1.29, 1.82) is 0 Å². The molecule has 0 aliphatic carbocycles. The van der Waals surface area contributed by atoms with E-state index < -0.39 is 10.0 Å². The summed E-state index contributed by atoms with van der Waals surface area (Å²) < 4.78 is 31.4. The monoisotopic (exact) mass is 389 g/mol. The number of hydrogen-bond donors (Lipinski definition) is 0. The lowest BCUT2D eigenvalue weighted by Gasteiger charge is -2.17. The zero-order valence-corrected chi connectivity index (χ0v) is 14.2. The fourth-order valence-electron chi connectivity index (χ4n) is 1.29. The molecule has 0 spiro atoms. The first-order chi connectivity index (χ1) is 8.89. The van der Waals surface area contributed by atoms with Crippen molar-refractivity contribution in [1.82, 2.24) is 4.31 Å². The van der Waals surface area contributed by atoms with Gasteiger partial charge in [-0.25, -0.2) is 8.42 Å². The normalized spacial score (nSPS) is 12.1. The minimum Gasteiger partial charge on any atom is -0.379 e. The van der Waals surface area contributed by atoms with Gasteiger partial charge in [0, 0.05) is 23.9 Å². The molecule has 1 aromatic rings. The van der Waals surface area contributed by atoms with Gasteiger partial charge < -0.3 is 4.74 Å². The van der Waals surface area contributed by atoms with E-state index in [1.54, 1.807) is 0 Å². The topological polar surface area (TPSA) is 46.6 Å². The Hall–Kier alpha value is 0.150. The molecule has 1 aromatic carbocycles. The van der Waals surface area contributed by atoms with Gasteiger partial charge in [0.05, 0.1) is 23.1 Å². The highest BCUT2D eigenvalue weighted by molar-refractivity contribution is 9.10.